The molecule has 1 aliphatic rings. The molecule has 0 atom stereocenters. The Morgan fingerprint density at radius 2 is 2.00 bits per heavy atom. The molecule has 1 aliphatic carbocycles. The van der Waals surface area contributed by atoms with Crippen molar-refractivity contribution in [2.45, 2.75) is 52.0 Å². The highest BCUT2D eigenvalue weighted by Crippen LogP contribution is 2.34. The molecule has 1 aromatic heterocycles. The molecule has 1 amide bonds. The van der Waals surface area contributed by atoms with Crippen LogP contribution in [0, 0.1) is 12.3 Å². The van der Waals surface area contributed by atoms with Gasteiger partial charge in [-0.1, -0.05) is 25.7 Å². The highest BCUT2D eigenvalue weighted by molar-refractivity contribution is 7.08. The van der Waals surface area contributed by atoms with Crippen LogP contribution in [0.25, 0.3) is 0 Å². The fourth-order valence-corrected chi connectivity index (χ4v) is 3.72. The number of carbonyl (C=O) groups is 1. The van der Waals surface area contributed by atoms with Crippen molar-refractivity contribution in [3.8, 4) is 0 Å². The van der Waals surface area contributed by atoms with Gasteiger partial charge >= 0.3 is 0 Å². The normalized spacial score (nSPS) is 18.8. The SMILES string of the molecule is Cc1cscc1CNC(=O)C1(CN)CCCCCC1. The Bertz CT molecular complexity index is 420. The molecule has 0 aliphatic heterocycles. The minimum Gasteiger partial charge on any atom is -0.351 e. The lowest BCUT2D eigenvalue weighted by atomic mass is 9.79. The molecule has 4 heteroatoms. The highest BCUT2D eigenvalue weighted by atomic mass is 32.1. The molecular weight excluding hydrogens is 256 g/mol. The molecule has 3 N–H and O–H groups in total. The van der Waals surface area contributed by atoms with Crippen molar-refractivity contribution in [3.63, 3.8) is 0 Å². The number of rotatable bonds is 4. The van der Waals surface area contributed by atoms with Crippen LogP contribution in [0.2, 0.25) is 0 Å². The molecule has 3 nitrogen and oxygen atoms in total. The molecule has 0 unspecified atom stereocenters. The standard InChI is InChI=1S/C15H24N2OS/c1-12-9-19-10-13(12)8-17-14(18)15(11-16)6-4-2-3-5-7-15/h9-10H,2-8,11,16H2,1H3,(H,17,18). The van der Waals surface area contributed by atoms with Gasteiger partial charge in [0.2, 0.25) is 5.91 Å². The van der Waals surface area contributed by atoms with Crippen molar-refractivity contribution in [2.24, 2.45) is 11.1 Å². The molecule has 0 saturated heterocycles. The maximum Gasteiger partial charge on any atom is 0.227 e. The van der Waals surface area contributed by atoms with E-state index in [1.165, 1.54) is 24.0 Å². The molecule has 1 fully saturated rings. The summed E-state index contributed by atoms with van der Waals surface area (Å²) in [6.07, 6.45) is 6.61. The van der Waals surface area contributed by atoms with E-state index in [-0.39, 0.29) is 11.3 Å². The minimum atomic E-state index is -0.319. The number of amides is 1. The first kappa shape index (κ1) is 14.5. The van der Waals surface area contributed by atoms with Crippen LogP contribution in [0.3, 0.4) is 0 Å². The molecule has 1 heterocycles. The third kappa shape index (κ3) is 3.37. The summed E-state index contributed by atoms with van der Waals surface area (Å²) in [5, 5.41) is 7.33. The summed E-state index contributed by atoms with van der Waals surface area (Å²) in [6, 6.07) is 0. The quantitative estimate of drug-likeness (QED) is 0.833. The first-order chi connectivity index (χ1) is 9.18. The number of nitrogens with one attached hydrogen (secondary N) is 1. The largest absolute Gasteiger partial charge is 0.351 e. The molecule has 0 bridgehead atoms. The summed E-state index contributed by atoms with van der Waals surface area (Å²) < 4.78 is 0. The summed E-state index contributed by atoms with van der Waals surface area (Å²) in [6.45, 7) is 3.19. The Hall–Kier alpha value is -0.870. The van der Waals surface area contributed by atoms with Crippen molar-refractivity contribution >= 4 is 17.2 Å². The Labute approximate surface area is 119 Å². The Morgan fingerprint density at radius 3 is 2.53 bits per heavy atom. The first-order valence-electron chi connectivity index (χ1n) is 7.18. The zero-order chi connectivity index (χ0) is 13.7. The smallest absolute Gasteiger partial charge is 0.227 e. The van der Waals surface area contributed by atoms with Crippen LogP contribution in [0.4, 0.5) is 0 Å². The van der Waals surface area contributed by atoms with E-state index in [4.69, 9.17) is 5.73 Å². The maximum absolute atomic E-state index is 12.5. The number of nitrogens with two attached hydrogens (primary N) is 1. The second kappa shape index (κ2) is 6.53. The number of thiophene rings is 1. The van der Waals surface area contributed by atoms with E-state index < -0.39 is 0 Å². The van der Waals surface area contributed by atoms with Crippen molar-refractivity contribution in [2.75, 3.05) is 6.54 Å². The summed E-state index contributed by atoms with van der Waals surface area (Å²) in [5.74, 6) is 0.155. The molecule has 0 aromatic carbocycles. The molecule has 19 heavy (non-hydrogen) atoms. The van der Waals surface area contributed by atoms with Crippen LogP contribution in [0.5, 0.6) is 0 Å². The highest BCUT2D eigenvalue weighted by Gasteiger charge is 2.36. The Balaban J connectivity index is 1.98. The number of aryl methyl sites for hydroxylation is 1. The van der Waals surface area contributed by atoms with Crippen LogP contribution >= 0.6 is 11.3 Å². The topological polar surface area (TPSA) is 55.1 Å². The van der Waals surface area contributed by atoms with Crippen LogP contribution in [-0.2, 0) is 11.3 Å². The van der Waals surface area contributed by atoms with Gasteiger partial charge in [-0.15, -0.1) is 0 Å². The average Bonchev–Trinajstić information content (AvgIpc) is 2.68. The summed E-state index contributed by atoms with van der Waals surface area (Å²) in [7, 11) is 0. The van der Waals surface area contributed by atoms with Crippen LogP contribution in [-0.4, -0.2) is 12.5 Å². The third-order valence-electron chi connectivity index (χ3n) is 4.33. The van der Waals surface area contributed by atoms with E-state index in [0.29, 0.717) is 13.1 Å². The number of hydrogen-bond donors (Lipinski definition) is 2. The van der Waals surface area contributed by atoms with Gasteiger partial charge in [0.15, 0.2) is 0 Å². The van der Waals surface area contributed by atoms with Gasteiger partial charge in [-0.3, -0.25) is 4.79 Å². The lowest BCUT2D eigenvalue weighted by Crippen LogP contribution is -2.45. The predicted octanol–water partition coefficient (Wildman–Crippen LogP) is 2.97. The number of carbonyl (C=O) groups excluding carboxylic acids is 1. The van der Waals surface area contributed by atoms with E-state index in [9.17, 15) is 4.79 Å². The predicted molar refractivity (Wildman–Crippen MR) is 80.1 cm³/mol. The second-order valence-corrected chi connectivity index (χ2v) is 6.40. The van der Waals surface area contributed by atoms with Gasteiger partial charge in [-0.2, -0.15) is 11.3 Å². The summed E-state index contributed by atoms with van der Waals surface area (Å²) in [4.78, 5) is 12.5. The lowest BCUT2D eigenvalue weighted by molar-refractivity contribution is -0.131. The molecule has 0 radical (unpaired) electrons. The van der Waals surface area contributed by atoms with Crippen LogP contribution < -0.4 is 11.1 Å². The van der Waals surface area contributed by atoms with Crippen molar-refractivity contribution in [1.29, 1.82) is 0 Å². The van der Waals surface area contributed by atoms with Gasteiger partial charge in [-0.25, -0.2) is 0 Å². The minimum absolute atomic E-state index is 0.155. The molecule has 0 spiro atoms. The molecule has 106 valence electrons. The van der Waals surface area contributed by atoms with Crippen molar-refractivity contribution < 1.29 is 4.79 Å². The van der Waals surface area contributed by atoms with Crippen LogP contribution in [0.1, 0.15) is 49.7 Å². The van der Waals surface area contributed by atoms with Crippen molar-refractivity contribution in [1.82, 2.24) is 5.32 Å². The monoisotopic (exact) mass is 280 g/mol. The molecule has 1 saturated carbocycles. The van der Waals surface area contributed by atoms with Gasteiger partial charge in [0.05, 0.1) is 5.41 Å². The summed E-state index contributed by atoms with van der Waals surface area (Å²) in [5.41, 5.74) is 8.09. The van der Waals surface area contributed by atoms with E-state index in [1.807, 2.05) is 0 Å². The van der Waals surface area contributed by atoms with Crippen LogP contribution in [0.15, 0.2) is 10.8 Å². The summed E-state index contributed by atoms with van der Waals surface area (Å²) >= 11 is 1.69. The maximum atomic E-state index is 12.5. The van der Waals surface area contributed by atoms with Gasteiger partial charge < -0.3 is 11.1 Å². The Morgan fingerprint density at radius 1 is 1.32 bits per heavy atom. The number of hydrogen-bond acceptors (Lipinski definition) is 3. The zero-order valence-corrected chi connectivity index (χ0v) is 12.5. The lowest BCUT2D eigenvalue weighted by Gasteiger charge is -2.29. The first-order valence-corrected chi connectivity index (χ1v) is 8.12. The second-order valence-electron chi connectivity index (χ2n) is 5.66. The fraction of sp³-hybridized carbons (Fsp3) is 0.667. The van der Waals surface area contributed by atoms with E-state index in [0.717, 1.165) is 25.7 Å². The van der Waals surface area contributed by atoms with Gasteiger partial charge in [-0.05, 0) is 41.7 Å². The molecule has 2 rings (SSSR count). The molecule has 1 aromatic rings. The third-order valence-corrected chi connectivity index (χ3v) is 5.24. The van der Waals surface area contributed by atoms with Crippen molar-refractivity contribution in [3.05, 3.63) is 21.9 Å². The van der Waals surface area contributed by atoms with E-state index in [1.54, 1.807) is 11.3 Å². The van der Waals surface area contributed by atoms with E-state index >= 15 is 0 Å². The Kier molecular flexibility index (Phi) is 4.99. The van der Waals surface area contributed by atoms with Gasteiger partial charge in [0.1, 0.15) is 0 Å². The van der Waals surface area contributed by atoms with Gasteiger partial charge in [0.25, 0.3) is 0 Å². The molecular formula is C15H24N2OS. The zero-order valence-electron chi connectivity index (χ0n) is 11.7. The van der Waals surface area contributed by atoms with Gasteiger partial charge in [0, 0.05) is 13.1 Å². The average molecular weight is 280 g/mol. The fourth-order valence-electron chi connectivity index (χ4n) is 2.86. The van der Waals surface area contributed by atoms with E-state index in [2.05, 4.69) is 23.0 Å².